The third-order valence-corrected chi connectivity index (χ3v) is 11.8. The molecule has 0 aromatic heterocycles. The lowest BCUT2D eigenvalue weighted by Gasteiger charge is -2.35. The maximum Gasteiger partial charge on any atom is 0.326 e. The van der Waals surface area contributed by atoms with Crippen LogP contribution in [-0.2, 0) is 17.3 Å². The predicted octanol–water partition coefficient (Wildman–Crippen LogP) is 12.2. The molecule has 1 aliphatic rings. The van der Waals surface area contributed by atoms with Gasteiger partial charge >= 0.3 is 16.8 Å². The fraction of sp³-hybridized carbons (Fsp3) is 0.200. The van der Waals surface area contributed by atoms with E-state index in [9.17, 15) is 0 Å². The molecule has 7 rings (SSSR count). The molecule has 6 aromatic carbocycles. The highest BCUT2D eigenvalue weighted by Crippen LogP contribution is 2.51. The van der Waals surface area contributed by atoms with Crippen molar-refractivity contribution in [1.29, 1.82) is 0 Å². The molecule has 0 amide bonds. The van der Waals surface area contributed by atoms with E-state index in [1.54, 1.807) is 0 Å². The number of benzene rings is 6. The summed E-state index contributed by atoms with van der Waals surface area (Å²) in [5.74, 6) is 4.46. The highest BCUT2D eigenvalue weighted by atomic mass is 31.2. The van der Waals surface area contributed by atoms with Crippen molar-refractivity contribution in [2.45, 2.75) is 58.8 Å². The first kappa shape index (κ1) is 35.6. The third-order valence-electron chi connectivity index (χ3n) is 8.71. The summed E-state index contributed by atoms with van der Waals surface area (Å²) in [4.78, 5) is 0. The second-order valence-corrected chi connectivity index (χ2v) is 17.5. The smallest absolute Gasteiger partial charge is 0.326 e. The molecule has 0 fully saturated rings. The van der Waals surface area contributed by atoms with Gasteiger partial charge in [0.1, 0.15) is 34.5 Å². The lowest BCUT2D eigenvalue weighted by molar-refractivity contribution is 0.456. The van der Waals surface area contributed by atoms with E-state index in [-0.39, 0.29) is 5.41 Å². The van der Waals surface area contributed by atoms with Gasteiger partial charge in [0.25, 0.3) is 0 Å². The molecular weight excluding hydrogens is 682 g/mol. The summed E-state index contributed by atoms with van der Waals surface area (Å²) < 4.78 is 34.5. The van der Waals surface area contributed by atoms with Gasteiger partial charge in [-0.2, -0.15) is 0 Å². The van der Waals surface area contributed by atoms with E-state index < -0.39 is 22.2 Å². The first-order chi connectivity index (χ1) is 25.0. The number of rotatable bonds is 10. The fourth-order valence-electron chi connectivity index (χ4n) is 6.15. The molecule has 0 radical (unpaired) electrons. The molecule has 0 aliphatic carbocycles. The number of ether oxygens (including phenoxy) is 1. The van der Waals surface area contributed by atoms with Crippen molar-refractivity contribution < 1.29 is 22.8 Å². The van der Waals surface area contributed by atoms with Crippen LogP contribution in [-0.4, -0.2) is 0 Å². The summed E-state index contributed by atoms with van der Waals surface area (Å²) in [6.45, 7) is 13.4. The van der Waals surface area contributed by atoms with Gasteiger partial charge in [0.2, 0.25) is 0 Å². The van der Waals surface area contributed by atoms with E-state index in [2.05, 4.69) is 65.8 Å². The summed E-state index contributed by atoms with van der Waals surface area (Å²) in [6.07, 6.45) is 0.652. The highest BCUT2D eigenvalue weighted by Gasteiger charge is 2.40. The molecule has 0 N–H and O–H groups in total. The van der Waals surface area contributed by atoms with Crippen molar-refractivity contribution in [2.75, 3.05) is 0 Å². The molecular formula is C45H44O5P2. The minimum Gasteiger partial charge on any atom is -0.457 e. The maximum absolute atomic E-state index is 6.96. The second-order valence-electron chi connectivity index (χ2n) is 14.8. The Labute approximate surface area is 310 Å². The van der Waals surface area contributed by atoms with E-state index >= 15 is 0 Å². The average Bonchev–Trinajstić information content (AvgIpc) is 3.13. The van der Waals surface area contributed by atoms with Gasteiger partial charge in [-0.25, -0.2) is 0 Å². The molecule has 0 spiro atoms. The van der Waals surface area contributed by atoms with Crippen LogP contribution in [0.4, 0.5) is 0 Å². The molecule has 0 bridgehead atoms. The van der Waals surface area contributed by atoms with Crippen molar-refractivity contribution in [2.24, 2.45) is 0 Å². The second kappa shape index (κ2) is 15.0. The molecule has 52 heavy (non-hydrogen) atoms. The van der Waals surface area contributed by atoms with Crippen LogP contribution in [0.25, 0.3) is 0 Å². The van der Waals surface area contributed by atoms with Gasteiger partial charge in [-0.1, -0.05) is 126 Å². The Balaban J connectivity index is 1.49. The summed E-state index contributed by atoms with van der Waals surface area (Å²) in [7, 11) is -3.50. The van der Waals surface area contributed by atoms with E-state index in [1.165, 1.54) is 5.56 Å². The van der Waals surface area contributed by atoms with Gasteiger partial charge in [-0.3, -0.25) is 0 Å². The molecule has 0 saturated carbocycles. The zero-order valence-corrected chi connectivity index (χ0v) is 32.3. The summed E-state index contributed by atoms with van der Waals surface area (Å²) in [5.41, 5.74) is 4.07. The molecule has 0 unspecified atom stereocenters. The van der Waals surface area contributed by atoms with Gasteiger partial charge in [0, 0.05) is 12.0 Å². The lowest BCUT2D eigenvalue weighted by Crippen LogP contribution is -2.36. The Morgan fingerprint density at radius 1 is 0.481 bits per heavy atom. The molecule has 1 heterocycles. The fourth-order valence-corrected chi connectivity index (χ4v) is 9.84. The van der Waals surface area contributed by atoms with E-state index in [0.29, 0.717) is 17.9 Å². The van der Waals surface area contributed by atoms with E-state index in [0.717, 1.165) is 50.3 Å². The van der Waals surface area contributed by atoms with Crippen molar-refractivity contribution in [3.05, 3.63) is 168 Å². The molecule has 1 aliphatic heterocycles. The van der Waals surface area contributed by atoms with Gasteiger partial charge in [-0.05, 0) is 88.2 Å². The number of hydrogen-bond donors (Lipinski definition) is 0. The summed E-state index contributed by atoms with van der Waals surface area (Å²) in [6, 6.07) is 48.2. The summed E-state index contributed by atoms with van der Waals surface area (Å²) in [5, 5.41) is 1.87. The Kier molecular flexibility index (Phi) is 10.3. The van der Waals surface area contributed by atoms with Gasteiger partial charge in [0.05, 0.1) is 10.6 Å². The van der Waals surface area contributed by atoms with Crippen LogP contribution >= 0.6 is 16.8 Å². The number of hydrogen-bond acceptors (Lipinski definition) is 5. The van der Waals surface area contributed by atoms with Crippen LogP contribution < -0.4 is 33.4 Å². The maximum atomic E-state index is 6.96. The normalized spacial score (nSPS) is 12.5. The van der Waals surface area contributed by atoms with E-state index in [4.69, 9.17) is 22.8 Å². The van der Waals surface area contributed by atoms with Crippen LogP contribution in [0.3, 0.4) is 0 Å². The minimum absolute atomic E-state index is 0.0165. The number of fused-ring (bicyclic) bond motifs is 2. The van der Waals surface area contributed by atoms with Crippen LogP contribution in [0.5, 0.6) is 34.5 Å². The molecule has 264 valence electrons. The predicted molar refractivity (Wildman–Crippen MR) is 215 cm³/mol. The Morgan fingerprint density at radius 3 is 1.35 bits per heavy atom. The van der Waals surface area contributed by atoms with Crippen molar-refractivity contribution in [3.8, 4) is 34.5 Å². The third kappa shape index (κ3) is 8.13. The van der Waals surface area contributed by atoms with Crippen LogP contribution in [0.15, 0.2) is 146 Å². The van der Waals surface area contributed by atoms with Crippen molar-refractivity contribution >= 4 is 27.4 Å². The van der Waals surface area contributed by atoms with Gasteiger partial charge < -0.3 is 22.8 Å². The average molecular weight is 727 g/mol. The first-order valence-corrected chi connectivity index (χ1v) is 19.9. The zero-order chi connectivity index (χ0) is 36.3. The van der Waals surface area contributed by atoms with Crippen LogP contribution in [0.2, 0.25) is 0 Å². The molecule has 5 nitrogen and oxygen atoms in total. The van der Waals surface area contributed by atoms with Gasteiger partial charge in [-0.15, -0.1) is 0 Å². The molecule has 7 heteroatoms. The topological polar surface area (TPSA) is 46.2 Å². The van der Waals surface area contributed by atoms with Crippen molar-refractivity contribution in [1.82, 2.24) is 0 Å². The standard InChI is InChI=1S/C45H44O5P2/c1-44(2,3)33-27-28-39-32(29-33)30-38-40(46-39)31-41(51(47-34-19-11-7-12-20-34)48-35-21-13-8-14-22-35)42(45(4,5)6)43(38)52(49-36-23-15-9-16-24-36)50-37-25-17-10-18-26-37/h7-29,31H,30H2,1-6H3. The Morgan fingerprint density at radius 2 is 0.923 bits per heavy atom. The highest BCUT2D eigenvalue weighted by molar-refractivity contribution is 7.58. The van der Waals surface area contributed by atoms with Crippen LogP contribution in [0.1, 0.15) is 63.8 Å². The Bertz CT molecular complexity index is 2030. The Hall–Kier alpha value is -4.82. The number of para-hydroxylation sites is 4. The lowest BCUT2D eigenvalue weighted by atomic mass is 9.83. The van der Waals surface area contributed by atoms with Crippen molar-refractivity contribution in [3.63, 3.8) is 0 Å². The molecule has 6 aromatic rings. The largest absolute Gasteiger partial charge is 0.457 e. The zero-order valence-electron chi connectivity index (χ0n) is 30.5. The quantitative estimate of drug-likeness (QED) is 0.131. The molecule has 0 saturated heterocycles. The molecule has 0 atom stereocenters. The minimum atomic E-state index is -1.77. The first-order valence-electron chi connectivity index (χ1n) is 17.6. The monoisotopic (exact) mass is 726 g/mol. The van der Waals surface area contributed by atoms with E-state index in [1.807, 2.05) is 121 Å². The summed E-state index contributed by atoms with van der Waals surface area (Å²) >= 11 is 0. The SMILES string of the molecule is CC(C)(C)c1ccc2c(c1)Cc1c(cc(P(Oc3ccccc3)Oc3ccccc3)c(C(C)(C)C)c1P(Oc1ccccc1)Oc1ccccc1)O2. The van der Waals surface area contributed by atoms with Crippen LogP contribution in [0, 0.1) is 0 Å². The van der Waals surface area contributed by atoms with Gasteiger partial charge in [0.15, 0.2) is 0 Å².